The molecule has 0 N–H and O–H groups in total. The van der Waals surface area contributed by atoms with Crippen LogP contribution in [0.4, 0.5) is 0 Å². The summed E-state index contributed by atoms with van der Waals surface area (Å²) in [5, 5.41) is 4.25. The third-order valence-electron chi connectivity index (χ3n) is 2.60. The van der Waals surface area contributed by atoms with Gasteiger partial charge in [-0.1, -0.05) is 0 Å². The summed E-state index contributed by atoms with van der Waals surface area (Å²) in [5.74, 6) is 0.229. The SMILES string of the molecule is CCn1ncc(Br)c1C1=CC(=O)CCC1. The first kappa shape index (κ1) is 10.6. The van der Waals surface area contributed by atoms with E-state index in [0.29, 0.717) is 6.42 Å². The van der Waals surface area contributed by atoms with Crippen LogP contribution in [0.25, 0.3) is 5.57 Å². The Morgan fingerprint density at radius 2 is 2.33 bits per heavy atom. The predicted molar refractivity (Wildman–Crippen MR) is 62.4 cm³/mol. The number of halogens is 1. The van der Waals surface area contributed by atoms with Gasteiger partial charge in [0.1, 0.15) is 0 Å². The van der Waals surface area contributed by atoms with E-state index in [4.69, 9.17) is 0 Å². The lowest BCUT2D eigenvalue weighted by Crippen LogP contribution is -2.07. The fourth-order valence-corrected chi connectivity index (χ4v) is 2.45. The molecule has 0 saturated heterocycles. The van der Waals surface area contributed by atoms with Crippen molar-refractivity contribution in [2.75, 3.05) is 0 Å². The Morgan fingerprint density at radius 3 is 3.00 bits per heavy atom. The molecule has 0 aromatic carbocycles. The molecule has 1 aromatic rings. The number of allylic oxidation sites excluding steroid dienone is 2. The van der Waals surface area contributed by atoms with Gasteiger partial charge >= 0.3 is 0 Å². The summed E-state index contributed by atoms with van der Waals surface area (Å²) < 4.78 is 2.90. The van der Waals surface area contributed by atoms with Crippen LogP contribution in [-0.4, -0.2) is 15.6 Å². The first-order chi connectivity index (χ1) is 7.22. The summed E-state index contributed by atoms with van der Waals surface area (Å²) in [7, 11) is 0. The molecule has 0 aliphatic heterocycles. The van der Waals surface area contributed by atoms with E-state index in [9.17, 15) is 4.79 Å². The molecule has 0 bridgehead atoms. The maximum Gasteiger partial charge on any atom is 0.156 e. The van der Waals surface area contributed by atoms with Crippen molar-refractivity contribution in [2.45, 2.75) is 32.7 Å². The van der Waals surface area contributed by atoms with Crippen LogP contribution in [-0.2, 0) is 11.3 Å². The number of hydrogen-bond acceptors (Lipinski definition) is 2. The quantitative estimate of drug-likeness (QED) is 0.827. The molecule has 80 valence electrons. The van der Waals surface area contributed by atoms with E-state index in [2.05, 4.69) is 21.0 Å². The molecular formula is C11H13BrN2O. The third kappa shape index (κ3) is 2.04. The lowest BCUT2D eigenvalue weighted by molar-refractivity contribution is -0.114. The molecule has 0 spiro atoms. The highest BCUT2D eigenvalue weighted by atomic mass is 79.9. The van der Waals surface area contributed by atoms with Gasteiger partial charge in [-0.2, -0.15) is 5.10 Å². The number of rotatable bonds is 2. The van der Waals surface area contributed by atoms with Gasteiger partial charge in [-0.15, -0.1) is 0 Å². The van der Waals surface area contributed by atoms with E-state index in [1.165, 1.54) is 0 Å². The number of carbonyl (C=O) groups excluding carboxylic acids is 1. The molecule has 1 aliphatic rings. The zero-order valence-corrected chi connectivity index (χ0v) is 10.2. The van der Waals surface area contributed by atoms with Crippen LogP contribution >= 0.6 is 15.9 Å². The number of aryl methyl sites for hydroxylation is 1. The normalized spacial score (nSPS) is 16.7. The maximum atomic E-state index is 11.4. The van der Waals surface area contributed by atoms with Gasteiger partial charge < -0.3 is 0 Å². The van der Waals surface area contributed by atoms with Crippen molar-refractivity contribution in [3.63, 3.8) is 0 Å². The van der Waals surface area contributed by atoms with Gasteiger partial charge in [0.2, 0.25) is 0 Å². The number of hydrogen-bond donors (Lipinski definition) is 0. The number of ketones is 1. The van der Waals surface area contributed by atoms with Crippen molar-refractivity contribution >= 4 is 27.3 Å². The second-order valence-electron chi connectivity index (χ2n) is 3.65. The van der Waals surface area contributed by atoms with Crippen molar-refractivity contribution in [3.8, 4) is 0 Å². The molecule has 4 heteroatoms. The molecule has 15 heavy (non-hydrogen) atoms. The Bertz CT molecular complexity index is 420. The Balaban J connectivity index is 2.43. The van der Waals surface area contributed by atoms with Crippen molar-refractivity contribution < 1.29 is 4.79 Å². The van der Waals surface area contributed by atoms with E-state index >= 15 is 0 Å². The van der Waals surface area contributed by atoms with Crippen molar-refractivity contribution in [3.05, 3.63) is 22.4 Å². The monoisotopic (exact) mass is 268 g/mol. The summed E-state index contributed by atoms with van der Waals surface area (Å²) in [4.78, 5) is 11.4. The molecule has 0 saturated carbocycles. The zero-order chi connectivity index (χ0) is 10.8. The first-order valence-electron chi connectivity index (χ1n) is 5.17. The number of aromatic nitrogens is 2. The van der Waals surface area contributed by atoms with Crippen LogP contribution in [0, 0.1) is 0 Å². The molecule has 1 aromatic heterocycles. The van der Waals surface area contributed by atoms with Gasteiger partial charge in [0.25, 0.3) is 0 Å². The van der Waals surface area contributed by atoms with Crippen molar-refractivity contribution in [2.24, 2.45) is 0 Å². The molecule has 2 rings (SSSR count). The predicted octanol–water partition coefficient (Wildman–Crippen LogP) is 2.80. The Labute approximate surface area is 97.3 Å². The van der Waals surface area contributed by atoms with Gasteiger partial charge in [-0.25, -0.2) is 0 Å². The molecular weight excluding hydrogens is 256 g/mol. The fraction of sp³-hybridized carbons (Fsp3) is 0.455. The van der Waals surface area contributed by atoms with Gasteiger partial charge in [0.15, 0.2) is 5.78 Å². The molecule has 3 nitrogen and oxygen atoms in total. The van der Waals surface area contributed by atoms with E-state index in [1.54, 1.807) is 12.3 Å². The highest BCUT2D eigenvalue weighted by Crippen LogP contribution is 2.30. The van der Waals surface area contributed by atoms with Crippen LogP contribution in [0.3, 0.4) is 0 Å². The standard InChI is InChI=1S/C11H13BrN2O/c1-2-14-11(10(12)7-13-14)8-4-3-5-9(15)6-8/h6-7H,2-5H2,1H3. The van der Waals surface area contributed by atoms with E-state index in [-0.39, 0.29) is 5.78 Å². The Kier molecular flexibility index (Phi) is 3.05. The van der Waals surface area contributed by atoms with Crippen LogP contribution < -0.4 is 0 Å². The topological polar surface area (TPSA) is 34.9 Å². The summed E-state index contributed by atoms with van der Waals surface area (Å²) in [6.07, 6.45) is 6.15. The van der Waals surface area contributed by atoms with E-state index < -0.39 is 0 Å². The molecule has 0 fully saturated rings. The van der Waals surface area contributed by atoms with Gasteiger partial charge in [-0.05, 0) is 47.3 Å². The molecule has 0 amide bonds. The molecule has 0 atom stereocenters. The maximum absolute atomic E-state index is 11.4. The Hall–Kier alpha value is -0.900. The highest BCUT2D eigenvalue weighted by Gasteiger charge is 2.17. The summed E-state index contributed by atoms with van der Waals surface area (Å²) >= 11 is 3.48. The second-order valence-corrected chi connectivity index (χ2v) is 4.50. The van der Waals surface area contributed by atoms with Gasteiger partial charge in [-0.3, -0.25) is 9.48 Å². The van der Waals surface area contributed by atoms with Crippen molar-refractivity contribution in [1.82, 2.24) is 9.78 Å². The first-order valence-corrected chi connectivity index (χ1v) is 5.96. The Morgan fingerprint density at radius 1 is 1.53 bits per heavy atom. The number of nitrogens with zero attached hydrogens (tertiary/aromatic N) is 2. The summed E-state index contributed by atoms with van der Waals surface area (Å²) in [6, 6.07) is 0. The van der Waals surface area contributed by atoms with Crippen LogP contribution in [0.5, 0.6) is 0 Å². The number of carbonyl (C=O) groups is 1. The van der Waals surface area contributed by atoms with Crippen LogP contribution in [0.1, 0.15) is 31.9 Å². The zero-order valence-electron chi connectivity index (χ0n) is 8.66. The fourth-order valence-electron chi connectivity index (χ4n) is 1.90. The minimum atomic E-state index is 0.229. The average Bonchev–Trinajstić information content (AvgIpc) is 2.59. The van der Waals surface area contributed by atoms with E-state index in [1.807, 2.05) is 11.6 Å². The van der Waals surface area contributed by atoms with E-state index in [0.717, 1.165) is 35.1 Å². The molecule has 0 radical (unpaired) electrons. The molecule has 0 unspecified atom stereocenters. The van der Waals surface area contributed by atoms with Crippen LogP contribution in [0.2, 0.25) is 0 Å². The largest absolute Gasteiger partial charge is 0.295 e. The molecule has 1 heterocycles. The minimum Gasteiger partial charge on any atom is -0.295 e. The summed E-state index contributed by atoms with van der Waals surface area (Å²) in [6.45, 7) is 2.88. The van der Waals surface area contributed by atoms with Gasteiger partial charge in [0.05, 0.1) is 16.4 Å². The van der Waals surface area contributed by atoms with Gasteiger partial charge in [0, 0.05) is 13.0 Å². The lowest BCUT2D eigenvalue weighted by atomic mass is 9.96. The lowest BCUT2D eigenvalue weighted by Gasteiger charge is -2.13. The van der Waals surface area contributed by atoms with Crippen LogP contribution in [0.15, 0.2) is 16.7 Å². The average molecular weight is 269 g/mol. The summed E-state index contributed by atoms with van der Waals surface area (Å²) in [5.41, 5.74) is 2.17. The smallest absolute Gasteiger partial charge is 0.156 e. The highest BCUT2D eigenvalue weighted by molar-refractivity contribution is 9.10. The molecule has 1 aliphatic carbocycles. The van der Waals surface area contributed by atoms with Crippen molar-refractivity contribution in [1.29, 1.82) is 0 Å². The second kappa shape index (κ2) is 4.31. The third-order valence-corrected chi connectivity index (χ3v) is 3.18. The minimum absolute atomic E-state index is 0.229.